The summed E-state index contributed by atoms with van der Waals surface area (Å²) in [5, 5.41) is 0. The molecule has 0 aliphatic heterocycles. The van der Waals surface area contributed by atoms with Crippen molar-refractivity contribution in [1.29, 1.82) is 0 Å². The molecule has 0 aromatic carbocycles. The Balaban J connectivity index is 3.09. The van der Waals surface area contributed by atoms with Crippen LogP contribution in [0.1, 0.15) is 38.5 Å². The van der Waals surface area contributed by atoms with Gasteiger partial charge in [-0.05, 0) is 25.7 Å². The number of hydrogen-bond donors (Lipinski definition) is 0. The Hall–Kier alpha value is -0.340. The molecule has 0 heterocycles. The summed E-state index contributed by atoms with van der Waals surface area (Å²) >= 11 is 0. The first-order chi connectivity index (χ1) is 6.35. The predicted octanol–water partition coefficient (Wildman–Crippen LogP) is 3.13. The van der Waals surface area contributed by atoms with Gasteiger partial charge in [-0.2, -0.15) is 0 Å². The van der Waals surface area contributed by atoms with Crippen LogP contribution in [0.25, 0.3) is 0 Å². The number of ether oxygens (including phenoxy) is 2. The van der Waals surface area contributed by atoms with Gasteiger partial charge in [-0.25, -0.2) is 0 Å². The lowest BCUT2D eigenvalue weighted by atomic mass is 10.1. The first-order valence-electron chi connectivity index (χ1n) is 5.01. The number of rotatable bonds is 9. The molecule has 0 spiro atoms. The molecule has 0 atom stereocenters. The fourth-order valence-corrected chi connectivity index (χ4v) is 1.29. The Bertz CT molecular complexity index is 109. The lowest BCUT2D eigenvalue weighted by Crippen LogP contribution is -2.12. The molecule has 0 saturated heterocycles. The zero-order chi connectivity index (χ0) is 9.94. The SMILES string of the molecule is C=CCCCCCCC(OC)OC. The molecule has 0 N–H and O–H groups in total. The highest BCUT2D eigenvalue weighted by Gasteiger charge is 2.02. The third kappa shape index (κ3) is 8.00. The zero-order valence-corrected chi connectivity index (χ0v) is 8.92. The molecular weight excluding hydrogens is 164 g/mol. The van der Waals surface area contributed by atoms with Crippen molar-refractivity contribution in [3.63, 3.8) is 0 Å². The van der Waals surface area contributed by atoms with E-state index in [0.29, 0.717) is 0 Å². The van der Waals surface area contributed by atoms with Gasteiger partial charge in [0.25, 0.3) is 0 Å². The Labute approximate surface area is 81.9 Å². The van der Waals surface area contributed by atoms with E-state index in [1.165, 1.54) is 25.7 Å². The second-order valence-electron chi connectivity index (χ2n) is 3.18. The monoisotopic (exact) mass is 186 g/mol. The number of methoxy groups -OCH3 is 2. The minimum absolute atomic E-state index is 0.0144. The molecule has 0 rings (SSSR count). The van der Waals surface area contributed by atoms with Crippen molar-refractivity contribution in [3.8, 4) is 0 Å². The molecule has 0 amide bonds. The third-order valence-electron chi connectivity index (χ3n) is 2.12. The van der Waals surface area contributed by atoms with Crippen molar-refractivity contribution < 1.29 is 9.47 Å². The second kappa shape index (κ2) is 9.75. The van der Waals surface area contributed by atoms with Crippen molar-refractivity contribution in [2.24, 2.45) is 0 Å². The normalized spacial score (nSPS) is 10.7. The molecule has 0 fully saturated rings. The average Bonchev–Trinajstić information content (AvgIpc) is 2.17. The fourth-order valence-electron chi connectivity index (χ4n) is 1.29. The predicted molar refractivity (Wildman–Crippen MR) is 55.7 cm³/mol. The quantitative estimate of drug-likeness (QED) is 0.313. The molecule has 13 heavy (non-hydrogen) atoms. The molecule has 0 aromatic heterocycles. The molecule has 0 unspecified atom stereocenters. The summed E-state index contributed by atoms with van der Waals surface area (Å²) in [4.78, 5) is 0. The van der Waals surface area contributed by atoms with Crippen LogP contribution in [0.4, 0.5) is 0 Å². The highest BCUT2D eigenvalue weighted by Crippen LogP contribution is 2.09. The molecule has 0 aliphatic carbocycles. The Morgan fingerprint density at radius 1 is 1.08 bits per heavy atom. The van der Waals surface area contributed by atoms with Crippen LogP contribution < -0.4 is 0 Å². The van der Waals surface area contributed by atoms with Crippen molar-refractivity contribution in [2.45, 2.75) is 44.8 Å². The second-order valence-corrected chi connectivity index (χ2v) is 3.18. The first-order valence-corrected chi connectivity index (χ1v) is 5.01. The largest absolute Gasteiger partial charge is 0.356 e. The van der Waals surface area contributed by atoms with Crippen LogP contribution in [-0.4, -0.2) is 20.5 Å². The lowest BCUT2D eigenvalue weighted by Gasteiger charge is -2.12. The number of unbranched alkanes of at least 4 members (excludes halogenated alkanes) is 4. The summed E-state index contributed by atoms with van der Waals surface area (Å²) in [6.45, 7) is 3.69. The van der Waals surface area contributed by atoms with Crippen molar-refractivity contribution in [1.82, 2.24) is 0 Å². The van der Waals surface area contributed by atoms with Crippen molar-refractivity contribution in [2.75, 3.05) is 14.2 Å². The molecule has 2 heteroatoms. The van der Waals surface area contributed by atoms with E-state index in [1.807, 2.05) is 6.08 Å². The minimum Gasteiger partial charge on any atom is -0.356 e. The maximum absolute atomic E-state index is 5.09. The Morgan fingerprint density at radius 2 is 1.69 bits per heavy atom. The fraction of sp³-hybridized carbons (Fsp3) is 0.818. The maximum Gasteiger partial charge on any atom is 0.156 e. The lowest BCUT2D eigenvalue weighted by molar-refractivity contribution is -0.107. The minimum atomic E-state index is -0.0144. The smallest absolute Gasteiger partial charge is 0.156 e. The summed E-state index contributed by atoms with van der Waals surface area (Å²) in [5.41, 5.74) is 0. The third-order valence-corrected chi connectivity index (χ3v) is 2.12. The van der Waals surface area contributed by atoms with Gasteiger partial charge in [-0.3, -0.25) is 0 Å². The Morgan fingerprint density at radius 3 is 2.23 bits per heavy atom. The molecule has 0 aliphatic rings. The number of hydrogen-bond acceptors (Lipinski definition) is 2. The average molecular weight is 186 g/mol. The van der Waals surface area contributed by atoms with Crippen LogP contribution in [0.15, 0.2) is 12.7 Å². The van der Waals surface area contributed by atoms with Gasteiger partial charge in [0.05, 0.1) is 0 Å². The zero-order valence-electron chi connectivity index (χ0n) is 8.92. The van der Waals surface area contributed by atoms with E-state index in [-0.39, 0.29) is 6.29 Å². The van der Waals surface area contributed by atoms with Gasteiger partial charge in [0.1, 0.15) is 0 Å². The van der Waals surface area contributed by atoms with Gasteiger partial charge in [-0.15, -0.1) is 6.58 Å². The van der Waals surface area contributed by atoms with E-state index >= 15 is 0 Å². The molecule has 2 nitrogen and oxygen atoms in total. The van der Waals surface area contributed by atoms with Gasteiger partial charge >= 0.3 is 0 Å². The molecular formula is C11H22O2. The van der Waals surface area contributed by atoms with Crippen molar-refractivity contribution >= 4 is 0 Å². The van der Waals surface area contributed by atoms with E-state index in [1.54, 1.807) is 14.2 Å². The van der Waals surface area contributed by atoms with Crippen LogP contribution in [0, 0.1) is 0 Å². The highest BCUT2D eigenvalue weighted by atomic mass is 16.7. The van der Waals surface area contributed by atoms with Gasteiger partial charge in [0, 0.05) is 14.2 Å². The van der Waals surface area contributed by atoms with Crippen LogP contribution in [-0.2, 0) is 9.47 Å². The van der Waals surface area contributed by atoms with E-state index in [0.717, 1.165) is 12.8 Å². The molecule has 0 bridgehead atoms. The van der Waals surface area contributed by atoms with Crippen LogP contribution in [0.3, 0.4) is 0 Å². The van der Waals surface area contributed by atoms with Crippen molar-refractivity contribution in [3.05, 3.63) is 12.7 Å². The molecule has 0 saturated carbocycles. The summed E-state index contributed by atoms with van der Waals surface area (Å²) in [7, 11) is 3.37. The van der Waals surface area contributed by atoms with Crippen LogP contribution in [0.2, 0.25) is 0 Å². The summed E-state index contributed by atoms with van der Waals surface area (Å²) in [5.74, 6) is 0. The standard InChI is InChI=1S/C11H22O2/c1-4-5-6-7-8-9-10-11(12-2)13-3/h4,11H,1,5-10H2,2-3H3. The van der Waals surface area contributed by atoms with Gasteiger partial charge in [-0.1, -0.05) is 18.9 Å². The summed E-state index contributed by atoms with van der Waals surface area (Å²) in [6, 6.07) is 0. The van der Waals surface area contributed by atoms with Crippen LogP contribution >= 0.6 is 0 Å². The van der Waals surface area contributed by atoms with Gasteiger partial charge in [0.15, 0.2) is 6.29 Å². The summed E-state index contributed by atoms with van der Waals surface area (Å²) in [6.07, 6.45) is 9.09. The molecule has 78 valence electrons. The van der Waals surface area contributed by atoms with E-state index in [4.69, 9.17) is 9.47 Å². The van der Waals surface area contributed by atoms with E-state index in [9.17, 15) is 0 Å². The van der Waals surface area contributed by atoms with Gasteiger partial charge < -0.3 is 9.47 Å². The van der Waals surface area contributed by atoms with E-state index < -0.39 is 0 Å². The van der Waals surface area contributed by atoms with E-state index in [2.05, 4.69) is 6.58 Å². The number of allylic oxidation sites excluding steroid dienone is 1. The van der Waals surface area contributed by atoms with Gasteiger partial charge in [0.2, 0.25) is 0 Å². The highest BCUT2D eigenvalue weighted by molar-refractivity contribution is 4.65. The molecule has 0 aromatic rings. The topological polar surface area (TPSA) is 18.5 Å². The first kappa shape index (κ1) is 12.7. The molecule has 0 radical (unpaired) electrons. The maximum atomic E-state index is 5.09. The Kier molecular flexibility index (Phi) is 9.49. The summed E-state index contributed by atoms with van der Waals surface area (Å²) < 4.78 is 10.2. The van der Waals surface area contributed by atoms with Crippen LogP contribution in [0.5, 0.6) is 0 Å².